The van der Waals surface area contributed by atoms with Gasteiger partial charge in [-0.25, -0.2) is 9.37 Å². The molecule has 3 heterocycles. The van der Waals surface area contributed by atoms with Gasteiger partial charge in [0.05, 0.1) is 11.8 Å². The van der Waals surface area contributed by atoms with Gasteiger partial charge in [0.15, 0.2) is 0 Å². The molecule has 0 radical (unpaired) electrons. The molecule has 0 saturated carbocycles. The Morgan fingerprint density at radius 3 is 2.56 bits per heavy atom. The molecular formula is C27H25FN6O2. The first-order valence-corrected chi connectivity index (χ1v) is 11.6. The summed E-state index contributed by atoms with van der Waals surface area (Å²) in [5, 5.41) is 7.13. The number of aryl methyl sites for hydroxylation is 1. The number of amides is 2. The Morgan fingerprint density at radius 1 is 1.06 bits per heavy atom. The second-order valence-corrected chi connectivity index (χ2v) is 8.83. The fraction of sp³-hybridized carbons (Fsp3) is 0.185. The number of likely N-dealkylation sites (tertiary alicyclic amines) is 1. The van der Waals surface area contributed by atoms with Gasteiger partial charge < -0.3 is 16.0 Å². The molecule has 1 aliphatic rings. The van der Waals surface area contributed by atoms with Crippen molar-refractivity contribution in [3.63, 3.8) is 0 Å². The monoisotopic (exact) mass is 484 g/mol. The van der Waals surface area contributed by atoms with Crippen molar-refractivity contribution in [2.24, 2.45) is 7.05 Å². The van der Waals surface area contributed by atoms with Gasteiger partial charge >= 0.3 is 0 Å². The van der Waals surface area contributed by atoms with Crippen molar-refractivity contribution in [1.29, 1.82) is 0 Å². The van der Waals surface area contributed by atoms with Gasteiger partial charge in [0.2, 0.25) is 0 Å². The highest BCUT2D eigenvalue weighted by Gasteiger charge is 2.29. The second-order valence-electron chi connectivity index (χ2n) is 8.83. The minimum Gasteiger partial charge on any atom is -0.383 e. The number of hydrogen-bond acceptors (Lipinski definition) is 5. The van der Waals surface area contributed by atoms with E-state index in [1.165, 1.54) is 6.07 Å². The predicted molar refractivity (Wildman–Crippen MR) is 134 cm³/mol. The summed E-state index contributed by atoms with van der Waals surface area (Å²) in [5.74, 6) is -0.636. The van der Waals surface area contributed by atoms with E-state index in [1.54, 1.807) is 70.5 Å². The highest BCUT2D eigenvalue weighted by Crippen LogP contribution is 2.24. The Balaban J connectivity index is 1.23. The van der Waals surface area contributed by atoms with Crippen LogP contribution in [0.5, 0.6) is 0 Å². The summed E-state index contributed by atoms with van der Waals surface area (Å²) in [6.45, 7) is 0.900. The molecule has 1 aliphatic heterocycles. The lowest BCUT2D eigenvalue weighted by atomic mass is 10.0. The highest BCUT2D eigenvalue weighted by atomic mass is 19.1. The third kappa shape index (κ3) is 4.68. The number of pyridine rings is 1. The lowest BCUT2D eigenvalue weighted by Gasteiger charge is -2.18. The number of anilines is 1. The molecule has 4 aromatic rings. The molecule has 36 heavy (non-hydrogen) atoms. The van der Waals surface area contributed by atoms with E-state index in [9.17, 15) is 14.0 Å². The Labute approximate surface area is 207 Å². The van der Waals surface area contributed by atoms with Crippen molar-refractivity contribution >= 4 is 17.6 Å². The number of nitrogens with one attached hydrogen (secondary N) is 1. The first-order valence-electron chi connectivity index (χ1n) is 11.6. The maximum absolute atomic E-state index is 14.1. The zero-order valence-electron chi connectivity index (χ0n) is 19.7. The third-order valence-corrected chi connectivity index (χ3v) is 6.33. The summed E-state index contributed by atoms with van der Waals surface area (Å²) in [7, 11) is 1.81. The van der Waals surface area contributed by atoms with Gasteiger partial charge in [0.1, 0.15) is 11.6 Å². The topological polar surface area (TPSA) is 106 Å². The van der Waals surface area contributed by atoms with E-state index in [2.05, 4.69) is 15.4 Å². The summed E-state index contributed by atoms with van der Waals surface area (Å²) in [6.07, 6.45) is 5.76. The van der Waals surface area contributed by atoms with E-state index in [0.717, 1.165) is 11.1 Å². The molecule has 2 amide bonds. The molecule has 1 atom stereocenters. The van der Waals surface area contributed by atoms with Gasteiger partial charge in [0.25, 0.3) is 11.8 Å². The Bertz CT molecular complexity index is 1430. The van der Waals surface area contributed by atoms with Crippen LogP contribution in [0.4, 0.5) is 10.2 Å². The van der Waals surface area contributed by atoms with E-state index in [1.807, 2.05) is 13.2 Å². The largest absolute Gasteiger partial charge is 0.383 e. The van der Waals surface area contributed by atoms with Crippen LogP contribution in [-0.2, 0) is 7.05 Å². The van der Waals surface area contributed by atoms with Crippen LogP contribution in [0.1, 0.15) is 27.1 Å². The molecule has 0 bridgehead atoms. The Hall–Kier alpha value is -4.53. The highest BCUT2D eigenvalue weighted by molar-refractivity contribution is 6.00. The van der Waals surface area contributed by atoms with Gasteiger partial charge in [-0.2, -0.15) is 5.10 Å². The molecule has 1 saturated heterocycles. The van der Waals surface area contributed by atoms with Crippen LogP contribution in [0.15, 0.2) is 73.2 Å². The number of nitrogens with zero attached hydrogens (tertiary/aromatic N) is 4. The minimum atomic E-state index is -0.334. The summed E-state index contributed by atoms with van der Waals surface area (Å²) in [5.41, 5.74) is 9.54. The number of rotatable bonds is 5. The van der Waals surface area contributed by atoms with E-state index in [0.29, 0.717) is 36.2 Å². The van der Waals surface area contributed by atoms with Crippen molar-refractivity contribution in [2.75, 3.05) is 18.8 Å². The van der Waals surface area contributed by atoms with Crippen LogP contribution < -0.4 is 11.1 Å². The molecule has 0 spiro atoms. The maximum Gasteiger partial charge on any atom is 0.255 e. The number of carbonyl (C=O) groups excluding carboxylic acids is 2. The smallest absolute Gasteiger partial charge is 0.255 e. The Kier molecular flexibility index (Phi) is 6.20. The van der Waals surface area contributed by atoms with E-state index >= 15 is 0 Å². The fourth-order valence-corrected chi connectivity index (χ4v) is 4.38. The third-order valence-electron chi connectivity index (χ3n) is 6.33. The summed E-state index contributed by atoms with van der Waals surface area (Å²) in [4.78, 5) is 31.9. The van der Waals surface area contributed by atoms with Crippen molar-refractivity contribution < 1.29 is 14.0 Å². The van der Waals surface area contributed by atoms with Gasteiger partial charge in [-0.3, -0.25) is 14.3 Å². The van der Waals surface area contributed by atoms with Gasteiger partial charge in [-0.05, 0) is 36.2 Å². The number of hydrogen-bond donors (Lipinski definition) is 2. The van der Waals surface area contributed by atoms with Gasteiger partial charge in [-0.15, -0.1) is 0 Å². The number of benzene rings is 2. The van der Waals surface area contributed by atoms with Crippen LogP contribution in [0.25, 0.3) is 22.3 Å². The number of carbonyl (C=O) groups is 2. The minimum absolute atomic E-state index is 0.133. The number of nitrogen functional groups attached to an aromatic ring is 1. The first-order chi connectivity index (χ1) is 17.4. The average molecular weight is 485 g/mol. The van der Waals surface area contributed by atoms with E-state index in [4.69, 9.17) is 5.73 Å². The number of aromatic nitrogens is 3. The molecule has 8 nitrogen and oxygen atoms in total. The van der Waals surface area contributed by atoms with Crippen LogP contribution in [0.3, 0.4) is 0 Å². The molecule has 5 rings (SSSR count). The maximum atomic E-state index is 14.1. The molecule has 2 aromatic heterocycles. The molecule has 1 fully saturated rings. The SMILES string of the molecule is Cn1cc(-c2cnc(N)c(C(=O)N[C@@H]3CCN(C(=O)c4ccc(-c5ccccc5F)cc4)C3)c2)cn1. The van der Waals surface area contributed by atoms with E-state index < -0.39 is 0 Å². The molecule has 2 aromatic carbocycles. The van der Waals surface area contributed by atoms with Crippen molar-refractivity contribution in [3.8, 4) is 22.3 Å². The predicted octanol–water partition coefficient (Wildman–Crippen LogP) is 3.51. The van der Waals surface area contributed by atoms with Crippen LogP contribution in [-0.4, -0.2) is 50.6 Å². The normalized spacial score (nSPS) is 15.2. The summed E-state index contributed by atoms with van der Waals surface area (Å²) >= 11 is 0. The van der Waals surface area contributed by atoms with Crippen molar-refractivity contribution in [2.45, 2.75) is 12.5 Å². The van der Waals surface area contributed by atoms with Crippen LogP contribution >= 0.6 is 0 Å². The summed E-state index contributed by atoms with van der Waals surface area (Å²) in [6, 6.07) is 14.9. The van der Waals surface area contributed by atoms with Crippen molar-refractivity contribution in [3.05, 3.63) is 90.1 Å². The van der Waals surface area contributed by atoms with Gasteiger partial charge in [0, 0.05) is 60.8 Å². The number of halogens is 1. The van der Waals surface area contributed by atoms with Gasteiger partial charge in [-0.1, -0.05) is 30.3 Å². The van der Waals surface area contributed by atoms with Crippen molar-refractivity contribution in [1.82, 2.24) is 25.0 Å². The molecule has 0 unspecified atom stereocenters. The lowest BCUT2D eigenvalue weighted by molar-refractivity contribution is 0.0783. The fourth-order valence-electron chi connectivity index (χ4n) is 4.38. The summed E-state index contributed by atoms with van der Waals surface area (Å²) < 4.78 is 15.7. The molecule has 0 aliphatic carbocycles. The van der Waals surface area contributed by atoms with Crippen LogP contribution in [0.2, 0.25) is 0 Å². The molecule has 9 heteroatoms. The lowest BCUT2D eigenvalue weighted by Crippen LogP contribution is -2.38. The second kappa shape index (κ2) is 9.61. The average Bonchev–Trinajstić information content (AvgIpc) is 3.53. The zero-order chi connectivity index (χ0) is 25.2. The zero-order valence-corrected chi connectivity index (χ0v) is 19.7. The molecule has 3 N–H and O–H groups in total. The van der Waals surface area contributed by atoms with Crippen LogP contribution in [0, 0.1) is 5.82 Å². The standard InChI is InChI=1S/C27H25FN6O2/c1-33-15-20(14-31-33)19-12-23(25(29)30-13-19)26(35)32-21-10-11-34(16-21)27(36)18-8-6-17(7-9-18)22-4-2-3-5-24(22)28/h2-9,12-15,21H,10-11,16H2,1H3,(H2,29,30)(H,32,35)/t21-/m1/s1. The number of nitrogens with two attached hydrogens (primary N) is 1. The Morgan fingerprint density at radius 2 is 1.83 bits per heavy atom. The molecular weight excluding hydrogens is 459 g/mol. The quantitative estimate of drug-likeness (QED) is 0.451. The van der Waals surface area contributed by atoms with E-state index in [-0.39, 0.29) is 35.1 Å². The first kappa shape index (κ1) is 23.2. The molecule has 182 valence electrons.